The van der Waals surface area contributed by atoms with Crippen LogP contribution in [0.3, 0.4) is 0 Å². The Labute approximate surface area is 714 Å². The van der Waals surface area contributed by atoms with E-state index in [4.69, 9.17) is 32.3 Å². The summed E-state index contributed by atoms with van der Waals surface area (Å²) in [6.07, 6.45) is 116. The van der Waals surface area contributed by atoms with Gasteiger partial charge < -0.3 is 34.2 Å². The van der Waals surface area contributed by atoms with Gasteiger partial charge in [-0.2, -0.15) is 0 Å². The molecular weight excluding hydrogens is 1510 g/mol. The SMILES string of the molecule is CC/C=C\C/C=C\C/C=C\C/C=C\C/C=C\CCCCCCCC(=O)OC(COC(=O)CCCCCCCCCCC/C=C\C/C=C\C/C=C\C/C=C\CCCCC)COP(=O)(O)OCC(O)COP(=O)(O)OCC(O)COC(=O)CCCCCCCCCCCCCCCCCCCCC/C=C\C/C=C\C/C=C\C/C=C\CCCCC. The van der Waals surface area contributed by atoms with Crippen LogP contribution in [0.5, 0.6) is 0 Å². The van der Waals surface area contributed by atoms with Crippen molar-refractivity contribution in [3.05, 3.63) is 158 Å². The van der Waals surface area contributed by atoms with Crippen molar-refractivity contribution < 1.29 is 75.8 Å². The Kier molecular flexibility index (Phi) is 86.7. The summed E-state index contributed by atoms with van der Waals surface area (Å²) in [6.45, 7) is 2.53. The number of unbranched alkanes of at least 4 members (excludes halogenated alkanes) is 39. The Morgan fingerprint density at radius 1 is 0.248 bits per heavy atom. The molecule has 0 saturated heterocycles. The zero-order valence-corrected chi connectivity index (χ0v) is 75.9. The molecule has 0 spiro atoms. The number of carbonyl (C=O) groups excluding carboxylic acids is 3. The van der Waals surface area contributed by atoms with Gasteiger partial charge in [0, 0.05) is 19.3 Å². The maximum absolute atomic E-state index is 13.1. The summed E-state index contributed by atoms with van der Waals surface area (Å²) in [4.78, 5) is 59.0. The van der Waals surface area contributed by atoms with E-state index in [-0.39, 0.29) is 19.3 Å². The van der Waals surface area contributed by atoms with Crippen LogP contribution in [0.1, 0.15) is 393 Å². The molecule has 18 heteroatoms. The number of ether oxygens (including phenoxy) is 3. The molecule has 5 atom stereocenters. The first-order valence-electron chi connectivity index (χ1n) is 46.8. The molecule has 0 aliphatic carbocycles. The van der Waals surface area contributed by atoms with E-state index in [2.05, 4.69) is 179 Å². The van der Waals surface area contributed by atoms with E-state index in [1.54, 1.807) is 0 Å². The highest BCUT2D eigenvalue weighted by atomic mass is 31.2. The van der Waals surface area contributed by atoms with Crippen molar-refractivity contribution in [1.29, 1.82) is 0 Å². The number of aliphatic hydroxyl groups excluding tert-OH is 2. The number of carbonyl (C=O) groups is 3. The number of hydrogen-bond donors (Lipinski definition) is 4. The lowest BCUT2D eigenvalue weighted by atomic mass is 10.0. The minimum atomic E-state index is -4.95. The van der Waals surface area contributed by atoms with Crippen LogP contribution in [-0.2, 0) is 55.8 Å². The van der Waals surface area contributed by atoms with Gasteiger partial charge in [-0.3, -0.25) is 32.5 Å². The maximum Gasteiger partial charge on any atom is 0.472 e. The van der Waals surface area contributed by atoms with Gasteiger partial charge >= 0.3 is 33.6 Å². The quantitative estimate of drug-likeness (QED) is 0.0146. The van der Waals surface area contributed by atoms with Crippen LogP contribution >= 0.6 is 15.6 Å². The van der Waals surface area contributed by atoms with Crippen molar-refractivity contribution in [2.45, 2.75) is 411 Å². The maximum atomic E-state index is 13.1. The van der Waals surface area contributed by atoms with Crippen LogP contribution in [0.4, 0.5) is 0 Å². The molecule has 0 aromatic heterocycles. The standard InChI is InChI=1S/C99H170O16P2/c1-4-7-10-13-16-19-22-25-28-31-34-37-39-41-42-43-44-45-46-47-48-49-50-52-54-56-58-61-64-67-70-73-76-79-82-85-97(102)109-88-94(100)89-111-116(105,106)112-90-95(101)91-113-117(107,108)114-93-96(115-99(104)87-84-81-78-75-72-69-66-63-60-55-36-33-30-27-24-21-18-15-12-9-6-3)92-110-98(103)86-83-80-77-74-71-68-65-62-59-57-53-51-40-38-35-32-29-26-23-20-17-14-11-8-5-2/h9,12,16-21,25-30,34-38,41-42,51,53,55,63,66,94-96,100-101H,4-8,10-11,13-15,22-24,31-33,39-40,43-50,52,54,56-62,64-65,67-93H2,1-3H3,(H,105,106)(H,107,108)/b12-9-,19-16-,20-17-,21-18-,28-25-,29-26-,30-27-,37-34-,38-35-,42-41-,53-51-,55-36-,66-63-. The lowest BCUT2D eigenvalue weighted by molar-refractivity contribution is -0.161. The largest absolute Gasteiger partial charge is 0.472 e. The fourth-order valence-electron chi connectivity index (χ4n) is 12.6. The summed E-state index contributed by atoms with van der Waals surface area (Å²) >= 11 is 0. The monoisotopic (exact) mass is 1680 g/mol. The molecule has 0 heterocycles. The van der Waals surface area contributed by atoms with Gasteiger partial charge in [-0.15, -0.1) is 0 Å². The molecule has 0 bridgehead atoms. The van der Waals surface area contributed by atoms with Gasteiger partial charge in [0.25, 0.3) is 0 Å². The van der Waals surface area contributed by atoms with Crippen molar-refractivity contribution in [1.82, 2.24) is 0 Å². The highest BCUT2D eigenvalue weighted by Crippen LogP contribution is 2.45. The second kappa shape index (κ2) is 90.4. The Balaban J connectivity index is 4.54. The molecule has 0 amide bonds. The predicted octanol–water partition coefficient (Wildman–Crippen LogP) is 28.9. The highest BCUT2D eigenvalue weighted by Gasteiger charge is 2.29. The first kappa shape index (κ1) is 112. The van der Waals surface area contributed by atoms with E-state index >= 15 is 0 Å². The van der Waals surface area contributed by atoms with Crippen LogP contribution in [0, 0.1) is 0 Å². The molecule has 117 heavy (non-hydrogen) atoms. The van der Waals surface area contributed by atoms with E-state index in [0.29, 0.717) is 19.3 Å². The number of aliphatic hydroxyl groups is 2. The molecule has 0 fully saturated rings. The molecule has 0 rings (SSSR count). The van der Waals surface area contributed by atoms with Crippen molar-refractivity contribution in [3.63, 3.8) is 0 Å². The van der Waals surface area contributed by atoms with Gasteiger partial charge in [0.2, 0.25) is 0 Å². The molecule has 0 saturated carbocycles. The smallest absolute Gasteiger partial charge is 0.463 e. The van der Waals surface area contributed by atoms with Crippen molar-refractivity contribution in [2.24, 2.45) is 0 Å². The molecule has 16 nitrogen and oxygen atoms in total. The zero-order chi connectivity index (χ0) is 85.1. The summed E-state index contributed by atoms with van der Waals surface area (Å²) in [6, 6.07) is 0. The van der Waals surface area contributed by atoms with Crippen LogP contribution in [0.2, 0.25) is 0 Å². The predicted molar refractivity (Wildman–Crippen MR) is 491 cm³/mol. The molecule has 0 aromatic carbocycles. The average molecular weight is 1680 g/mol. The highest BCUT2D eigenvalue weighted by molar-refractivity contribution is 7.47. The Hall–Kier alpha value is -4.83. The van der Waals surface area contributed by atoms with Gasteiger partial charge in [0.1, 0.15) is 25.4 Å². The summed E-state index contributed by atoms with van der Waals surface area (Å²) in [5, 5.41) is 20.7. The minimum Gasteiger partial charge on any atom is -0.463 e. The molecule has 4 N–H and O–H groups in total. The van der Waals surface area contributed by atoms with Gasteiger partial charge in [-0.1, -0.05) is 378 Å². The fraction of sp³-hybridized carbons (Fsp3) is 0.707. The Morgan fingerprint density at radius 2 is 0.453 bits per heavy atom. The van der Waals surface area contributed by atoms with Gasteiger partial charge in [0.05, 0.1) is 26.4 Å². The average Bonchev–Trinajstić information content (AvgIpc) is 0.902. The number of allylic oxidation sites excluding steroid dienone is 26. The third kappa shape index (κ3) is 91.7. The number of phosphoric acid groups is 2. The van der Waals surface area contributed by atoms with E-state index in [1.165, 1.54) is 180 Å². The molecule has 672 valence electrons. The summed E-state index contributed by atoms with van der Waals surface area (Å²) < 4.78 is 61.5. The normalized spacial score (nSPS) is 14.5. The van der Waals surface area contributed by atoms with Gasteiger partial charge in [-0.05, 0) is 154 Å². The van der Waals surface area contributed by atoms with Crippen molar-refractivity contribution >= 4 is 33.6 Å². The molecule has 0 radical (unpaired) electrons. The second-order valence-electron chi connectivity index (χ2n) is 31.1. The third-order valence-electron chi connectivity index (χ3n) is 19.7. The molecule has 0 aliphatic heterocycles. The van der Waals surface area contributed by atoms with E-state index in [9.17, 15) is 43.5 Å². The van der Waals surface area contributed by atoms with Crippen LogP contribution in [0.25, 0.3) is 0 Å². The number of hydrogen-bond acceptors (Lipinski definition) is 14. The number of esters is 3. The zero-order valence-electron chi connectivity index (χ0n) is 74.1. The lowest BCUT2D eigenvalue weighted by Crippen LogP contribution is -2.30. The summed E-state index contributed by atoms with van der Waals surface area (Å²) in [7, 11) is -9.82. The van der Waals surface area contributed by atoms with Crippen LogP contribution in [0.15, 0.2) is 158 Å². The van der Waals surface area contributed by atoms with Crippen LogP contribution in [-0.4, -0.2) is 95.9 Å². The number of rotatable bonds is 88. The third-order valence-corrected chi connectivity index (χ3v) is 21.6. The van der Waals surface area contributed by atoms with Gasteiger partial charge in [-0.25, -0.2) is 9.13 Å². The number of phosphoric ester groups is 2. The molecule has 0 aromatic rings. The van der Waals surface area contributed by atoms with E-state index in [0.717, 1.165) is 154 Å². The second-order valence-corrected chi connectivity index (χ2v) is 34.0. The van der Waals surface area contributed by atoms with E-state index < -0.39 is 91.5 Å². The van der Waals surface area contributed by atoms with Gasteiger partial charge in [0.15, 0.2) is 6.10 Å². The Morgan fingerprint density at radius 3 is 0.718 bits per heavy atom. The van der Waals surface area contributed by atoms with Crippen molar-refractivity contribution in [2.75, 3.05) is 39.6 Å². The molecule has 5 unspecified atom stereocenters. The van der Waals surface area contributed by atoms with E-state index in [1.807, 2.05) is 0 Å². The fourth-order valence-corrected chi connectivity index (χ4v) is 14.2. The molecule has 0 aliphatic rings. The molecular formula is C99H170O16P2. The topological polar surface area (TPSA) is 231 Å². The Bertz CT molecular complexity index is 2760. The van der Waals surface area contributed by atoms with Crippen molar-refractivity contribution in [3.8, 4) is 0 Å². The first-order valence-corrected chi connectivity index (χ1v) is 49.8. The summed E-state index contributed by atoms with van der Waals surface area (Å²) in [5.41, 5.74) is 0. The first-order chi connectivity index (χ1) is 57.2. The minimum absolute atomic E-state index is 0.0769. The van der Waals surface area contributed by atoms with Crippen LogP contribution < -0.4 is 0 Å². The summed E-state index contributed by atoms with van der Waals surface area (Å²) in [5.74, 6) is -1.60. The lowest BCUT2D eigenvalue weighted by Gasteiger charge is -2.21.